The van der Waals surface area contributed by atoms with Gasteiger partial charge in [-0.3, -0.25) is 0 Å². The Labute approximate surface area is 176 Å². The number of carbonyl (C=O) groups is 1. The van der Waals surface area contributed by atoms with Crippen LogP contribution in [0, 0.1) is 13.8 Å². The minimum absolute atomic E-state index is 0.300. The predicted molar refractivity (Wildman–Crippen MR) is 120 cm³/mol. The predicted octanol–water partition coefficient (Wildman–Crippen LogP) is 6.36. The molecule has 0 aliphatic heterocycles. The second-order valence-corrected chi connectivity index (χ2v) is 8.10. The summed E-state index contributed by atoms with van der Waals surface area (Å²) in [6.45, 7) is 4.25. The highest BCUT2D eigenvalue weighted by molar-refractivity contribution is 5.89. The first-order valence-corrected chi connectivity index (χ1v) is 10.1. The summed E-state index contributed by atoms with van der Waals surface area (Å²) >= 11 is 0. The molecule has 0 saturated carbocycles. The van der Waals surface area contributed by atoms with Gasteiger partial charge in [-0.05, 0) is 59.4 Å². The number of carboxylic acid groups (broad SMARTS) is 1. The van der Waals surface area contributed by atoms with Gasteiger partial charge in [0.25, 0.3) is 0 Å². The minimum Gasteiger partial charge on any atom is -0.478 e. The smallest absolute Gasteiger partial charge is 0.335 e. The normalized spacial score (nSPS) is 13.5. The van der Waals surface area contributed by atoms with E-state index in [4.69, 9.17) is 0 Å². The molecule has 0 amide bonds. The molecule has 0 spiro atoms. The number of fused-ring (bicyclic) bond motifs is 3. The van der Waals surface area contributed by atoms with Crippen LogP contribution in [0.5, 0.6) is 0 Å². The minimum atomic E-state index is -0.908. The van der Waals surface area contributed by atoms with E-state index in [-0.39, 0.29) is 0 Å². The van der Waals surface area contributed by atoms with Gasteiger partial charge >= 0.3 is 5.97 Å². The molecule has 146 valence electrons. The Bertz CT molecular complexity index is 1220. The van der Waals surface area contributed by atoms with E-state index in [1.54, 1.807) is 12.1 Å². The van der Waals surface area contributed by atoms with E-state index in [1.165, 1.54) is 38.9 Å². The second-order valence-electron chi connectivity index (χ2n) is 8.10. The molecule has 2 heteroatoms. The maximum atomic E-state index is 11.5. The first-order valence-electron chi connectivity index (χ1n) is 10.1. The van der Waals surface area contributed by atoms with Crippen LogP contribution in [0.25, 0.3) is 11.1 Å². The molecular formula is C28H22O2. The average Bonchev–Trinajstić information content (AvgIpc) is 3.04. The summed E-state index contributed by atoms with van der Waals surface area (Å²) in [5.74, 6) is -0.908. The molecule has 4 aromatic carbocycles. The van der Waals surface area contributed by atoms with Crippen LogP contribution in [0.4, 0.5) is 0 Å². The SMILES string of the molecule is Cc1ccc2c(c1)C(c1ccccc1)(c1ccc(C(=O)O)cc1)c1cc(C)ccc1-2. The van der Waals surface area contributed by atoms with Crippen LogP contribution in [0.2, 0.25) is 0 Å². The van der Waals surface area contributed by atoms with Crippen molar-refractivity contribution in [3.8, 4) is 11.1 Å². The van der Waals surface area contributed by atoms with Gasteiger partial charge in [-0.15, -0.1) is 0 Å². The summed E-state index contributed by atoms with van der Waals surface area (Å²) in [6.07, 6.45) is 0. The highest BCUT2D eigenvalue weighted by atomic mass is 16.4. The zero-order valence-electron chi connectivity index (χ0n) is 17.0. The highest BCUT2D eigenvalue weighted by Crippen LogP contribution is 2.56. The van der Waals surface area contributed by atoms with Gasteiger partial charge in [0, 0.05) is 0 Å². The second kappa shape index (κ2) is 6.70. The van der Waals surface area contributed by atoms with E-state index >= 15 is 0 Å². The molecule has 1 N–H and O–H groups in total. The largest absolute Gasteiger partial charge is 0.478 e. The Morgan fingerprint density at radius 1 is 0.667 bits per heavy atom. The fourth-order valence-corrected chi connectivity index (χ4v) is 4.89. The standard InChI is InChI=1S/C28H22O2/c1-18-8-14-23-24-15-9-19(2)17-26(24)28(25(23)16-18,21-6-4-3-5-7-21)22-12-10-20(11-13-22)27(29)30/h3-17H,1-2H3,(H,29,30). The molecule has 0 aromatic heterocycles. The Kier molecular flexibility index (Phi) is 4.11. The van der Waals surface area contributed by atoms with Gasteiger partial charge < -0.3 is 5.11 Å². The van der Waals surface area contributed by atoms with Crippen molar-refractivity contribution in [1.82, 2.24) is 0 Å². The number of hydrogen-bond donors (Lipinski definition) is 1. The maximum Gasteiger partial charge on any atom is 0.335 e. The van der Waals surface area contributed by atoms with Crippen LogP contribution in [0.1, 0.15) is 43.7 Å². The van der Waals surface area contributed by atoms with Gasteiger partial charge in [0.1, 0.15) is 0 Å². The van der Waals surface area contributed by atoms with Gasteiger partial charge in [0.05, 0.1) is 11.0 Å². The lowest BCUT2D eigenvalue weighted by Gasteiger charge is -2.34. The molecule has 1 aliphatic carbocycles. The quantitative estimate of drug-likeness (QED) is 0.389. The van der Waals surface area contributed by atoms with E-state index in [9.17, 15) is 9.90 Å². The molecule has 0 radical (unpaired) electrons. The summed E-state index contributed by atoms with van der Waals surface area (Å²) in [6, 6.07) is 31.2. The summed E-state index contributed by atoms with van der Waals surface area (Å²) in [5, 5.41) is 9.41. The van der Waals surface area contributed by atoms with Gasteiger partial charge in [-0.1, -0.05) is 90.0 Å². The first kappa shape index (κ1) is 18.4. The Morgan fingerprint density at radius 2 is 1.17 bits per heavy atom. The summed E-state index contributed by atoms with van der Waals surface area (Å²) in [5.41, 5.74) is 9.47. The molecule has 0 bridgehead atoms. The third-order valence-corrected chi connectivity index (χ3v) is 6.22. The van der Waals surface area contributed by atoms with Crippen LogP contribution in [0.15, 0.2) is 91.0 Å². The molecule has 0 heterocycles. The van der Waals surface area contributed by atoms with Crippen molar-refractivity contribution in [2.45, 2.75) is 19.3 Å². The zero-order chi connectivity index (χ0) is 20.9. The summed E-state index contributed by atoms with van der Waals surface area (Å²) in [7, 11) is 0. The lowest BCUT2D eigenvalue weighted by molar-refractivity contribution is 0.0697. The monoisotopic (exact) mass is 390 g/mol. The molecule has 0 fully saturated rings. The lowest BCUT2D eigenvalue weighted by Crippen LogP contribution is -2.28. The van der Waals surface area contributed by atoms with Crippen LogP contribution >= 0.6 is 0 Å². The molecule has 4 aromatic rings. The maximum absolute atomic E-state index is 11.5. The van der Waals surface area contributed by atoms with Gasteiger partial charge in [0.2, 0.25) is 0 Å². The fraction of sp³-hybridized carbons (Fsp3) is 0.107. The summed E-state index contributed by atoms with van der Waals surface area (Å²) < 4.78 is 0. The first-order chi connectivity index (χ1) is 14.5. The van der Waals surface area contributed by atoms with Crippen molar-refractivity contribution in [1.29, 1.82) is 0 Å². The van der Waals surface area contributed by atoms with E-state index in [0.717, 1.165) is 5.56 Å². The van der Waals surface area contributed by atoms with Gasteiger partial charge in [-0.2, -0.15) is 0 Å². The fourth-order valence-electron chi connectivity index (χ4n) is 4.89. The van der Waals surface area contributed by atoms with E-state index in [2.05, 4.69) is 74.5 Å². The zero-order valence-corrected chi connectivity index (χ0v) is 17.0. The van der Waals surface area contributed by atoms with E-state index < -0.39 is 11.4 Å². The van der Waals surface area contributed by atoms with Gasteiger partial charge in [0.15, 0.2) is 0 Å². The average molecular weight is 390 g/mol. The number of rotatable bonds is 3. The Balaban J connectivity index is 1.93. The van der Waals surface area contributed by atoms with Crippen LogP contribution < -0.4 is 0 Å². The molecule has 0 saturated heterocycles. The number of carboxylic acids is 1. The number of aryl methyl sites for hydroxylation is 2. The molecule has 30 heavy (non-hydrogen) atoms. The van der Waals surface area contributed by atoms with Crippen molar-refractivity contribution >= 4 is 5.97 Å². The van der Waals surface area contributed by atoms with Crippen LogP contribution in [-0.4, -0.2) is 11.1 Å². The third kappa shape index (κ3) is 2.54. The van der Waals surface area contributed by atoms with Crippen LogP contribution in [0.3, 0.4) is 0 Å². The van der Waals surface area contributed by atoms with E-state index in [1.807, 2.05) is 18.2 Å². The topological polar surface area (TPSA) is 37.3 Å². The van der Waals surface area contributed by atoms with Gasteiger partial charge in [-0.25, -0.2) is 4.79 Å². The van der Waals surface area contributed by atoms with Crippen molar-refractivity contribution in [2.75, 3.05) is 0 Å². The summed E-state index contributed by atoms with van der Waals surface area (Å²) in [4.78, 5) is 11.5. The third-order valence-electron chi connectivity index (χ3n) is 6.22. The number of hydrogen-bond acceptors (Lipinski definition) is 1. The van der Waals surface area contributed by atoms with E-state index in [0.29, 0.717) is 5.56 Å². The molecule has 1 aliphatic rings. The molecule has 0 unspecified atom stereocenters. The number of aromatic carboxylic acids is 1. The Hall–Kier alpha value is -3.65. The van der Waals surface area contributed by atoms with Crippen molar-refractivity contribution in [3.63, 3.8) is 0 Å². The van der Waals surface area contributed by atoms with Crippen molar-refractivity contribution < 1.29 is 9.90 Å². The van der Waals surface area contributed by atoms with Crippen molar-refractivity contribution in [3.05, 3.63) is 130 Å². The molecular weight excluding hydrogens is 368 g/mol. The van der Waals surface area contributed by atoms with Crippen LogP contribution in [-0.2, 0) is 5.41 Å². The molecule has 0 atom stereocenters. The van der Waals surface area contributed by atoms with Crippen molar-refractivity contribution in [2.24, 2.45) is 0 Å². The number of benzene rings is 4. The lowest BCUT2D eigenvalue weighted by atomic mass is 9.67. The highest BCUT2D eigenvalue weighted by Gasteiger charge is 2.46. The molecule has 2 nitrogen and oxygen atoms in total. The molecule has 5 rings (SSSR count). The Morgan fingerprint density at radius 3 is 1.67 bits per heavy atom.